The van der Waals surface area contributed by atoms with Crippen LogP contribution in [0.4, 0.5) is 10.6 Å². The highest BCUT2D eigenvalue weighted by molar-refractivity contribution is 7.11. The average Bonchev–Trinajstić information content (AvgIpc) is 2.78. The molecule has 2 amide bonds. The van der Waals surface area contributed by atoms with Crippen LogP contribution in [0.15, 0.2) is 12.1 Å². The molecule has 0 fully saturated rings. The van der Waals surface area contributed by atoms with E-state index in [1.54, 1.807) is 24.5 Å². The van der Waals surface area contributed by atoms with E-state index in [1.165, 1.54) is 4.88 Å². The Morgan fingerprint density at radius 1 is 1.27 bits per heavy atom. The molecule has 0 atom stereocenters. The van der Waals surface area contributed by atoms with E-state index >= 15 is 0 Å². The Morgan fingerprint density at radius 3 is 2.68 bits per heavy atom. The van der Waals surface area contributed by atoms with E-state index < -0.39 is 0 Å². The van der Waals surface area contributed by atoms with Crippen LogP contribution < -0.4 is 15.4 Å². The topological polar surface area (TPSA) is 76.1 Å². The van der Waals surface area contributed by atoms with Crippen molar-refractivity contribution in [1.29, 1.82) is 0 Å². The zero-order valence-electron chi connectivity index (χ0n) is 13.2. The van der Waals surface area contributed by atoms with Crippen molar-refractivity contribution < 1.29 is 9.53 Å². The number of thiazole rings is 1. The molecule has 0 bridgehead atoms. The molecule has 2 heterocycles. The third kappa shape index (κ3) is 4.17. The lowest BCUT2D eigenvalue weighted by Crippen LogP contribution is -2.31. The van der Waals surface area contributed by atoms with E-state index in [1.807, 2.05) is 26.8 Å². The van der Waals surface area contributed by atoms with Gasteiger partial charge in [0.15, 0.2) is 11.6 Å². The fourth-order valence-corrected chi connectivity index (χ4v) is 2.81. The number of ether oxygens (including phenoxy) is 1. The minimum atomic E-state index is -0.304. The number of carbonyl (C=O) groups excluding carboxylic acids is 1. The molecule has 0 unspecified atom stereocenters. The Labute approximate surface area is 133 Å². The van der Waals surface area contributed by atoms with Gasteiger partial charge in [0.2, 0.25) is 0 Å². The van der Waals surface area contributed by atoms with Crippen LogP contribution in [0, 0.1) is 20.8 Å². The van der Waals surface area contributed by atoms with Gasteiger partial charge in [-0.2, -0.15) is 0 Å². The van der Waals surface area contributed by atoms with Crippen LogP contribution in [-0.4, -0.2) is 29.7 Å². The highest BCUT2D eigenvalue weighted by atomic mass is 32.1. The number of aromatic nitrogens is 2. The van der Waals surface area contributed by atoms with Crippen molar-refractivity contribution in [2.24, 2.45) is 0 Å². The van der Waals surface area contributed by atoms with Crippen LogP contribution in [-0.2, 0) is 6.42 Å². The zero-order valence-corrected chi connectivity index (χ0v) is 14.0. The van der Waals surface area contributed by atoms with Crippen molar-refractivity contribution in [2.75, 3.05) is 19.0 Å². The number of nitrogens with one attached hydrogen (secondary N) is 2. The van der Waals surface area contributed by atoms with E-state index in [2.05, 4.69) is 20.6 Å². The summed E-state index contributed by atoms with van der Waals surface area (Å²) in [6, 6.07) is 3.30. The third-order valence-electron chi connectivity index (χ3n) is 3.15. The van der Waals surface area contributed by atoms with Gasteiger partial charge < -0.3 is 10.1 Å². The quantitative estimate of drug-likeness (QED) is 0.888. The normalized spacial score (nSPS) is 10.4. The van der Waals surface area contributed by atoms with Gasteiger partial charge >= 0.3 is 6.03 Å². The summed E-state index contributed by atoms with van der Waals surface area (Å²) in [7, 11) is 1.54. The van der Waals surface area contributed by atoms with Gasteiger partial charge in [-0.1, -0.05) is 0 Å². The number of aryl methyl sites for hydroxylation is 3. The standard InChI is InChI=1S/C15H20N4O2S/c1-9-5-6-12(21-4)14(17-9)19-15(20)16-8-7-13-18-10(2)11(3)22-13/h5-6H,7-8H2,1-4H3,(H2,16,17,19,20). The monoisotopic (exact) mass is 320 g/mol. The van der Waals surface area contributed by atoms with Gasteiger partial charge in [0.05, 0.1) is 17.8 Å². The molecule has 0 aliphatic heterocycles. The molecule has 0 aliphatic carbocycles. The molecule has 0 radical (unpaired) electrons. The molecule has 6 nitrogen and oxygen atoms in total. The maximum Gasteiger partial charge on any atom is 0.320 e. The number of methoxy groups -OCH3 is 1. The minimum absolute atomic E-state index is 0.304. The van der Waals surface area contributed by atoms with Crippen molar-refractivity contribution in [1.82, 2.24) is 15.3 Å². The predicted octanol–water partition coefficient (Wildman–Crippen LogP) is 2.84. The fraction of sp³-hybridized carbons (Fsp3) is 0.400. The smallest absolute Gasteiger partial charge is 0.320 e. The van der Waals surface area contributed by atoms with Crippen LogP contribution in [0.5, 0.6) is 5.75 Å². The van der Waals surface area contributed by atoms with E-state index in [0.29, 0.717) is 24.5 Å². The van der Waals surface area contributed by atoms with Crippen molar-refractivity contribution in [3.63, 3.8) is 0 Å². The number of pyridine rings is 1. The van der Waals surface area contributed by atoms with Gasteiger partial charge in [-0.05, 0) is 32.9 Å². The van der Waals surface area contributed by atoms with Crippen molar-refractivity contribution in [3.8, 4) is 5.75 Å². The molecular formula is C15H20N4O2S. The second-order valence-electron chi connectivity index (χ2n) is 4.88. The van der Waals surface area contributed by atoms with Crippen molar-refractivity contribution in [3.05, 3.63) is 33.4 Å². The Morgan fingerprint density at radius 2 is 2.05 bits per heavy atom. The molecule has 0 aliphatic rings. The number of amides is 2. The predicted molar refractivity (Wildman–Crippen MR) is 87.8 cm³/mol. The lowest BCUT2D eigenvalue weighted by atomic mass is 10.3. The first kappa shape index (κ1) is 16.2. The van der Waals surface area contributed by atoms with Crippen LogP contribution in [0.3, 0.4) is 0 Å². The average molecular weight is 320 g/mol. The fourth-order valence-electron chi connectivity index (χ4n) is 1.88. The summed E-state index contributed by atoms with van der Waals surface area (Å²) in [6.07, 6.45) is 0.713. The molecule has 118 valence electrons. The van der Waals surface area contributed by atoms with Crippen molar-refractivity contribution in [2.45, 2.75) is 27.2 Å². The number of rotatable bonds is 5. The highest BCUT2D eigenvalue weighted by Crippen LogP contribution is 2.21. The molecule has 0 saturated heterocycles. The largest absolute Gasteiger partial charge is 0.493 e. The van der Waals surface area contributed by atoms with Gasteiger partial charge in [0, 0.05) is 23.5 Å². The second kappa shape index (κ2) is 7.22. The lowest BCUT2D eigenvalue weighted by molar-refractivity contribution is 0.252. The Bertz CT molecular complexity index is 650. The first-order valence-electron chi connectivity index (χ1n) is 6.99. The highest BCUT2D eigenvalue weighted by Gasteiger charge is 2.09. The molecule has 2 aromatic rings. The van der Waals surface area contributed by atoms with Crippen LogP contribution >= 0.6 is 11.3 Å². The maximum absolute atomic E-state index is 11.9. The molecule has 0 saturated carbocycles. The summed E-state index contributed by atoms with van der Waals surface area (Å²) < 4.78 is 5.18. The Balaban J connectivity index is 1.86. The number of anilines is 1. The summed E-state index contributed by atoms with van der Waals surface area (Å²) in [4.78, 5) is 21.8. The molecule has 0 spiro atoms. The molecule has 22 heavy (non-hydrogen) atoms. The summed E-state index contributed by atoms with van der Waals surface area (Å²) in [5, 5.41) is 6.53. The first-order chi connectivity index (χ1) is 10.5. The van der Waals surface area contributed by atoms with Gasteiger partial charge in [0.1, 0.15) is 0 Å². The summed E-state index contributed by atoms with van der Waals surface area (Å²) >= 11 is 1.66. The molecule has 0 aromatic carbocycles. The summed E-state index contributed by atoms with van der Waals surface area (Å²) in [5.74, 6) is 0.952. The van der Waals surface area contributed by atoms with E-state index in [4.69, 9.17) is 4.74 Å². The van der Waals surface area contributed by atoms with Crippen LogP contribution in [0.25, 0.3) is 0 Å². The number of nitrogens with zero attached hydrogens (tertiary/aromatic N) is 2. The summed E-state index contributed by atoms with van der Waals surface area (Å²) in [6.45, 7) is 6.42. The van der Waals surface area contributed by atoms with Crippen LogP contribution in [0.1, 0.15) is 21.3 Å². The second-order valence-corrected chi connectivity index (χ2v) is 6.17. The van der Waals surface area contributed by atoms with Crippen LogP contribution in [0.2, 0.25) is 0 Å². The van der Waals surface area contributed by atoms with Crippen molar-refractivity contribution >= 4 is 23.2 Å². The molecule has 2 aromatic heterocycles. The van der Waals surface area contributed by atoms with Gasteiger partial charge in [-0.25, -0.2) is 14.8 Å². The minimum Gasteiger partial charge on any atom is -0.493 e. The molecular weight excluding hydrogens is 300 g/mol. The number of carbonyl (C=O) groups is 1. The van der Waals surface area contributed by atoms with E-state index in [0.717, 1.165) is 16.4 Å². The Hall–Kier alpha value is -2.15. The first-order valence-corrected chi connectivity index (χ1v) is 7.80. The number of urea groups is 1. The third-order valence-corrected chi connectivity index (χ3v) is 4.28. The lowest BCUT2D eigenvalue weighted by Gasteiger charge is -2.10. The number of hydrogen-bond acceptors (Lipinski definition) is 5. The Kier molecular flexibility index (Phi) is 5.32. The van der Waals surface area contributed by atoms with E-state index in [-0.39, 0.29) is 6.03 Å². The molecule has 2 rings (SSSR count). The molecule has 7 heteroatoms. The van der Waals surface area contributed by atoms with Gasteiger partial charge in [-0.3, -0.25) is 5.32 Å². The van der Waals surface area contributed by atoms with E-state index in [9.17, 15) is 4.79 Å². The summed E-state index contributed by atoms with van der Waals surface area (Å²) in [5.41, 5.74) is 1.86. The van der Waals surface area contributed by atoms with Gasteiger partial charge in [0.25, 0.3) is 0 Å². The number of hydrogen-bond donors (Lipinski definition) is 2. The maximum atomic E-state index is 11.9. The molecule has 2 N–H and O–H groups in total. The SMILES string of the molecule is COc1ccc(C)nc1NC(=O)NCCc1nc(C)c(C)s1. The van der Waals surface area contributed by atoms with Gasteiger partial charge in [-0.15, -0.1) is 11.3 Å². The zero-order chi connectivity index (χ0) is 16.1.